The first-order chi connectivity index (χ1) is 17.3. The Balaban J connectivity index is 1.39. The number of halogens is 3. The second kappa shape index (κ2) is 10.6. The van der Waals surface area contributed by atoms with Gasteiger partial charge < -0.3 is 19.8 Å². The lowest BCUT2D eigenvalue weighted by Crippen LogP contribution is -2.42. The fourth-order valence-corrected chi connectivity index (χ4v) is 5.91. The van der Waals surface area contributed by atoms with Gasteiger partial charge in [0, 0.05) is 23.7 Å². The Morgan fingerprint density at radius 1 is 1.08 bits per heavy atom. The summed E-state index contributed by atoms with van der Waals surface area (Å²) < 4.78 is 54.4. The summed E-state index contributed by atoms with van der Waals surface area (Å²) in [6.07, 6.45) is 3.51. The van der Waals surface area contributed by atoms with E-state index in [1.54, 1.807) is 20.8 Å². The van der Waals surface area contributed by atoms with Gasteiger partial charge in [0.1, 0.15) is 22.1 Å². The minimum atomic E-state index is -4.26. The number of H-pyrrole nitrogens is 1. The van der Waals surface area contributed by atoms with Gasteiger partial charge in [-0.1, -0.05) is 23.2 Å². The van der Waals surface area contributed by atoms with E-state index < -0.39 is 32.4 Å². The molecule has 3 aromatic rings. The van der Waals surface area contributed by atoms with Gasteiger partial charge in [0.2, 0.25) is 0 Å². The highest BCUT2D eigenvalue weighted by atomic mass is 35.5. The molecule has 1 aliphatic rings. The molecular weight excluding hydrogens is 544 g/mol. The average molecular weight is 572 g/mol. The number of alkyl carbamates (subject to hydrolysis) is 1. The van der Waals surface area contributed by atoms with Crippen LogP contribution in [0.3, 0.4) is 0 Å². The van der Waals surface area contributed by atoms with E-state index in [0.717, 1.165) is 12.1 Å². The predicted octanol–water partition coefficient (Wildman–Crippen LogP) is 6.63. The summed E-state index contributed by atoms with van der Waals surface area (Å²) in [6, 6.07) is 6.59. The molecule has 37 heavy (non-hydrogen) atoms. The fourth-order valence-electron chi connectivity index (χ4n) is 4.22. The van der Waals surface area contributed by atoms with Crippen LogP contribution in [0.1, 0.15) is 46.5 Å². The van der Waals surface area contributed by atoms with Gasteiger partial charge in [-0.2, -0.15) is 0 Å². The third kappa shape index (κ3) is 6.61. The third-order valence-electron chi connectivity index (χ3n) is 5.87. The maximum atomic E-state index is 14.9. The first-order valence-electron chi connectivity index (χ1n) is 11.8. The van der Waals surface area contributed by atoms with E-state index in [-0.39, 0.29) is 23.6 Å². The summed E-state index contributed by atoms with van der Waals surface area (Å²) >= 11 is 12.3. The summed E-state index contributed by atoms with van der Waals surface area (Å²) in [4.78, 5) is 14.3. The Morgan fingerprint density at radius 2 is 1.78 bits per heavy atom. The number of aromatic amines is 1. The molecule has 1 amide bonds. The molecule has 2 aromatic carbocycles. The van der Waals surface area contributed by atoms with Crippen molar-refractivity contribution < 1.29 is 27.1 Å². The summed E-state index contributed by atoms with van der Waals surface area (Å²) in [6.45, 7) is 5.41. The zero-order valence-electron chi connectivity index (χ0n) is 20.5. The summed E-state index contributed by atoms with van der Waals surface area (Å²) in [5.41, 5.74) is 0.00119. The van der Waals surface area contributed by atoms with Crippen molar-refractivity contribution in [3.05, 3.63) is 52.4 Å². The van der Waals surface area contributed by atoms with Crippen molar-refractivity contribution in [2.24, 2.45) is 0 Å². The molecule has 4 rings (SSSR count). The van der Waals surface area contributed by atoms with Gasteiger partial charge in [0.15, 0.2) is 0 Å². The number of sulfonamides is 1. The van der Waals surface area contributed by atoms with Gasteiger partial charge in [-0.3, -0.25) is 4.72 Å². The molecule has 0 radical (unpaired) electrons. The van der Waals surface area contributed by atoms with Crippen LogP contribution in [-0.4, -0.2) is 37.2 Å². The number of carbonyl (C=O) groups excluding carboxylic acids is 1. The van der Waals surface area contributed by atoms with E-state index in [9.17, 15) is 17.6 Å². The number of amides is 1. The minimum Gasteiger partial charge on any atom is -0.490 e. The number of aromatic nitrogens is 1. The van der Waals surface area contributed by atoms with Gasteiger partial charge in [0.05, 0.1) is 27.4 Å². The molecule has 3 N–H and O–H groups in total. The summed E-state index contributed by atoms with van der Waals surface area (Å²) in [5, 5.41) is 4.01. The monoisotopic (exact) mass is 571 g/mol. The van der Waals surface area contributed by atoms with E-state index in [0.29, 0.717) is 46.6 Å². The molecule has 1 saturated carbocycles. The van der Waals surface area contributed by atoms with Crippen LogP contribution in [-0.2, 0) is 14.8 Å². The lowest BCUT2D eigenvalue weighted by molar-refractivity contribution is 0.0470. The lowest BCUT2D eigenvalue weighted by atomic mass is 9.93. The Bertz CT molecular complexity index is 1410. The van der Waals surface area contributed by atoms with Crippen molar-refractivity contribution in [2.75, 3.05) is 4.72 Å². The Hall–Kier alpha value is -2.69. The maximum absolute atomic E-state index is 14.9. The molecule has 1 aromatic heterocycles. The first kappa shape index (κ1) is 27.3. The molecule has 0 unspecified atom stereocenters. The zero-order valence-corrected chi connectivity index (χ0v) is 22.9. The highest BCUT2D eigenvalue weighted by Gasteiger charge is 2.27. The molecule has 8 nitrogen and oxygen atoms in total. The van der Waals surface area contributed by atoms with Crippen LogP contribution in [0, 0.1) is 5.82 Å². The molecule has 0 saturated heterocycles. The largest absolute Gasteiger partial charge is 0.490 e. The van der Waals surface area contributed by atoms with Crippen LogP contribution in [0.15, 0.2) is 41.4 Å². The number of ether oxygens (including phenoxy) is 2. The van der Waals surface area contributed by atoms with Crippen LogP contribution >= 0.6 is 23.2 Å². The molecule has 1 fully saturated rings. The minimum absolute atomic E-state index is 0.0288. The number of benzene rings is 2. The van der Waals surface area contributed by atoms with Gasteiger partial charge in [-0.05, 0) is 70.7 Å². The van der Waals surface area contributed by atoms with Crippen LogP contribution in [0.2, 0.25) is 10.0 Å². The topological polar surface area (TPSA) is 110 Å². The average Bonchev–Trinajstić information content (AvgIpc) is 3.18. The zero-order chi connectivity index (χ0) is 27.0. The molecular formula is C25H28Cl2FN3O5S. The molecule has 0 aliphatic heterocycles. The quantitative estimate of drug-likeness (QED) is 0.307. The van der Waals surface area contributed by atoms with Crippen molar-refractivity contribution in [3.8, 4) is 5.75 Å². The van der Waals surface area contributed by atoms with Crippen LogP contribution in [0.5, 0.6) is 5.75 Å². The van der Waals surface area contributed by atoms with Crippen molar-refractivity contribution in [1.29, 1.82) is 0 Å². The maximum Gasteiger partial charge on any atom is 0.407 e. The van der Waals surface area contributed by atoms with Gasteiger partial charge >= 0.3 is 6.09 Å². The van der Waals surface area contributed by atoms with Crippen LogP contribution < -0.4 is 14.8 Å². The van der Waals surface area contributed by atoms with Crippen LogP contribution in [0.25, 0.3) is 10.9 Å². The molecule has 0 spiro atoms. The van der Waals surface area contributed by atoms with Crippen molar-refractivity contribution in [2.45, 2.75) is 69.1 Å². The number of carbonyl (C=O) groups is 1. The van der Waals surface area contributed by atoms with Crippen molar-refractivity contribution >= 4 is 55.9 Å². The lowest BCUT2D eigenvalue weighted by Gasteiger charge is -2.30. The number of hydrogen-bond acceptors (Lipinski definition) is 5. The van der Waals surface area contributed by atoms with Crippen molar-refractivity contribution in [3.63, 3.8) is 0 Å². The van der Waals surface area contributed by atoms with Gasteiger partial charge in [-0.25, -0.2) is 17.6 Å². The second-order valence-corrected chi connectivity index (χ2v) is 12.4. The number of hydrogen-bond donors (Lipinski definition) is 3. The Morgan fingerprint density at radius 3 is 2.43 bits per heavy atom. The highest BCUT2D eigenvalue weighted by molar-refractivity contribution is 7.92. The SMILES string of the molecule is CC(C)(C)OC(=O)NC1CCC(Oc2ccc(S(=O)(=O)Nc3ccc(Cl)c4c(Cl)c[nH]c34)c(F)c2)CC1. The van der Waals surface area contributed by atoms with E-state index >= 15 is 0 Å². The van der Waals surface area contributed by atoms with Crippen LogP contribution in [0.4, 0.5) is 14.9 Å². The normalized spacial score (nSPS) is 18.4. The Labute approximate surface area is 224 Å². The third-order valence-corrected chi connectivity index (χ3v) is 7.88. The van der Waals surface area contributed by atoms with Gasteiger partial charge in [-0.15, -0.1) is 0 Å². The van der Waals surface area contributed by atoms with E-state index in [1.165, 1.54) is 24.4 Å². The highest BCUT2D eigenvalue weighted by Crippen LogP contribution is 2.36. The predicted molar refractivity (Wildman–Crippen MR) is 142 cm³/mol. The molecule has 200 valence electrons. The molecule has 1 aliphatic carbocycles. The van der Waals surface area contributed by atoms with E-state index in [4.69, 9.17) is 32.7 Å². The van der Waals surface area contributed by atoms with E-state index in [1.807, 2.05) is 0 Å². The Kier molecular flexibility index (Phi) is 7.83. The first-order valence-corrected chi connectivity index (χ1v) is 14.0. The molecule has 0 bridgehead atoms. The summed E-state index contributed by atoms with van der Waals surface area (Å²) in [7, 11) is -4.26. The van der Waals surface area contributed by atoms with Crippen molar-refractivity contribution in [1.82, 2.24) is 10.3 Å². The number of anilines is 1. The smallest absolute Gasteiger partial charge is 0.407 e. The fraction of sp³-hybridized carbons (Fsp3) is 0.400. The summed E-state index contributed by atoms with van der Waals surface area (Å²) in [5.74, 6) is -0.718. The molecule has 0 atom stereocenters. The standard InChI is InChI=1S/C25H28Cl2FN3O5S/c1-25(2,3)36-24(32)30-14-4-6-15(7-5-14)35-16-8-11-21(19(28)12-16)37(33,34)31-20-10-9-17(26)22-18(27)13-29-23(20)22/h8-15,29,31H,4-7H2,1-3H3,(H,30,32). The number of nitrogens with one attached hydrogen (secondary N) is 3. The van der Waals surface area contributed by atoms with E-state index in [2.05, 4.69) is 15.0 Å². The number of fused-ring (bicyclic) bond motifs is 1. The molecule has 1 heterocycles. The molecule has 12 heteroatoms. The number of rotatable bonds is 6. The van der Waals surface area contributed by atoms with Gasteiger partial charge in [0.25, 0.3) is 10.0 Å². The second-order valence-electron chi connectivity index (χ2n) is 9.92.